The minimum Gasteiger partial charge on any atom is -0.491 e. The number of nitrogens with one attached hydrogen (secondary N) is 1. The molecular formula is C31H37Cl2N5O6. The first-order valence-electron chi connectivity index (χ1n) is 14.5. The number of carbonyl (C=O) groups is 2. The molecule has 0 spiro atoms. The molecule has 236 valence electrons. The average molecular weight is 647 g/mol. The summed E-state index contributed by atoms with van der Waals surface area (Å²) in [7, 11) is 1.32. The maximum Gasteiger partial charge on any atom is 0.328 e. The molecule has 2 saturated heterocycles. The minimum atomic E-state index is -1.12. The van der Waals surface area contributed by atoms with Gasteiger partial charge in [-0.1, -0.05) is 43.1 Å². The summed E-state index contributed by atoms with van der Waals surface area (Å²) < 4.78 is 25.5. The van der Waals surface area contributed by atoms with Gasteiger partial charge in [-0.2, -0.15) is 0 Å². The number of piperazine rings is 1. The van der Waals surface area contributed by atoms with E-state index in [1.54, 1.807) is 29.6 Å². The first-order chi connectivity index (χ1) is 21.2. The Morgan fingerprint density at radius 3 is 2.50 bits per heavy atom. The summed E-state index contributed by atoms with van der Waals surface area (Å²) in [5, 5.41) is 3.79. The van der Waals surface area contributed by atoms with Crippen molar-refractivity contribution >= 4 is 40.9 Å². The van der Waals surface area contributed by atoms with E-state index >= 15 is 0 Å². The molecule has 0 saturated carbocycles. The number of methoxy groups -OCH3 is 1. The molecule has 2 aliphatic heterocycles. The molecule has 2 fully saturated rings. The van der Waals surface area contributed by atoms with Crippen LogP contribution < -0.4 is 15.0 Å². The van der Waals surface area contributed by atoms with Crippen molar-refractivity contribution in [3.8, 4) is 5.75 Å². The molecule has 1 aromatic heterocycles. The Kier molecular flexibility index (Phi) is 10.2. The van der Waals surface area contributed by atoms with Crippen LogP contribution in [0.1, 0.15) is 19.4 Å². The predicted octanol–water partition coefficient (Wildman–Crippen LogP) is 4.57. The number of amides is 2. The molecule has 0 unspecified atom stereocenters. The summed E-state index contributed by atoms with van der Waals surface area (Å²) in [5.74, 6) is -0.933. The highest BCUT2D eigenvalue weighted by Gasteiger charge is 2.45. The number of imidazole rings is 1. The lowest BCUT2D eigenvalue weighted by molar-refractivity contribution is -0.189. The van der Waals surface area contributed by atoms with Gasteiger partial charge in [-0.15, -0.1) is 0 Å². The number of hydrogen-bond donors (Lipinski definition) is 1. The third-order valence-electron chi connectivity index (χ3n) is 7.76. The van der Waals surface area contributed by atoms with Crippen LogP contribution in [-0.2, 0) is 31.3 Å². The van der Waals surface area contributed by atoms with Crippen LogP contribution in [0.15, 0.2) is 61.2 Å². The van der Waals surface area contributed by atoms with Crippen molar-refractivity contribution in [1.29, 1.82) is 0 Å². The SMILES string of the molecule is COC(=O)[C@@H](NC(=O)N1CCN(c2ccc(OC[C@@H]3CO[C@](Cn4ccnc4)(c4ccc(Cl)cc4Cl)O3)cc2)CC1)C(C)C. The Bertz CT molecular complexity index is 1420. The summed E-state index contributed by atoms with van der Waals surface area (Å²) >= 11 is 12.7. The smallest absolute Gasteiger partial charge is 0.328 e. The third kappa shape index (κ3) is 7.40. The van der Waals surface area contributed by atoms with E-state index in [1.807, 2.05) is 54.9 Å². The van der Waals surface area contributed by atoms with E-state index in [0.29, 0.717) is 60.7 Å². The van der Waals surface area contributed by atoms with Crippen LogP contribution >= 0.6 is 23.2 Å². The highest BCUT2D eigenvalue weighted by atomic mass is 35.5. The molecule has 44 heavy (non-hydrogen) atoms. The van der Waals surface area contributed by atoms with Crippen LogP contribution in [0, 0.1) is 5.92 Å². The molecule has 2 amide bonds. The monoisotopic (exact) mass is 645 g/mol. The highest BCUT2D eigenvalue weighted by molar-refractivity contribution is 6.35. The molecule has 0 radical (unpaired) electrons. The molecular weight excluding hydrogens is 609 g/mol. The maximum atomic E-state index is 12.8. The number of carbonyl (C=O) groups excluding carboxylic acids is 2. The van der Waals surface area contributed by atoms with Crippen molar-refractivity contribution < 1.29 is 28.5 Å². The largest absolute Gasteiger partial charge is 0.491 e. The molecule has 2 aliphatic rings. The van der Waals surface area contributed by atoms with Gasteiger partial charge in [-0.25, -0.2) is 14.6 Å². The number of benzene rings is 2. The number of nitrogens with zero attached hydrogens (tertiary/aromatic N) is 4. The van der Waals surface area contributed by atoms with E-state index in [9.17, 15) is 9.59 Å². The Hall–Kier alpha value is -3.51. The Morgan fingerprint density at radius 1 is 1.11 bits per heavy atom. The molecule has 0 aliphatic carbocycles. The normalized spacial score (nSPS) is 20.9. The summed E-state index contributed by atoms with van der Waals surface area (Å²) in [4.78, 5) is 32.9. The standard InChI is InChI=1S/C31H37Cl2N5O6/c1-21(2)28(29(39)41-3)35-30(40)38-14-12-37(13-15-38)23-5-7-24(8-6-23)42-17-25-18-43-31(44-25,19-36-11-10-34-20-36)26-9-4-22(32)16-27(26)33/h4-11,16,20-21,25,28H,12-15,17-19H2,1-3H3,(H,35,40)/t25-,28+,31+/m1/s1. The summed E-state index contributed by atoms with van der Waals surface area (Å²) in [6.07, 6.45) is 4.90. The van der Waals surface area contributed by atoms with Gasteiger partial charge in [0.25, 0.3) is 0 Å². The van der Waals surface area contributed by atoms with Crippen LogP contribution in [-0.4, -0.2) is 85.1 Å². The van der Waals surface area contributed by atoms with Crippen LogP contribution in [0.3, 0.4) is 0 Å². The number of esters is 1. The number of aromatic nitrogens is 2. The lowest BCUT2D eigenvalue weighted by Gasteiger charge is -2.36. The number of halogens is 2. The second-order valence-electron chi connectivity index (χ2n) is 11.1. The number of rotatable bonds is 10. The second kappa shape index (κ2) is 14.1. The van der Waals surface area contributed by atoms with Crippen LogP contribution in [0.25, 0.3) is 0 Å². The zero-order chi connectivity index (χ0) is 31.3. The van der Waals surface area contributed by atoms with Crippen molar-refractivity contribution in [2.24, 2.45) is 5.92 Å². The summed E-state index contributed by atoms with van der Waals surface area (Å²) in [5.41, 5.74) is 1.72. The average Bonchev–Trinajstić information content (AvgIpc) is 3.69. The number of anilines is 1. The molecule has 0 bridgehead atoms. The molecule has 13 heteroatoms. The molecule has 11 nitrogen and oxygen atoms in total. The first kappa shape index (κ1) is 31.9. The minimum absolute atomic E-state index is 0.0759. The molecule has 3 aromatic rings. The van der Waals surface area contributed by atoms with Gasteiger partial charge in [-0.3, -0.25) is 0 Å². The quantitative estimate of drug-likeness (QED) is 0.320. The van der Waals surface area contributed by atoms with E-state index < -0.39 is 17.8 Å². The fourth-order valence-electron chi connectivity index (χ4n) is 5.33. The Morgan fingerprint density at radius 2 is 1.86 bits per heavy atom. The van der Waals surface area contributed by atoms with Crippen molar-refractivity contribution in [2.45, 2.75) is 38.3 Å². The van der Waals surface area contributed by atoms with E-state index in [2.05, 4.69) is 15.2 Å². The fraction of sp³-hybridized carbons (Fsp3) is 0.452. The summed E-state index contributed by atoms with van der Waals surface area (Å²) in [6.45, 7) is 7.10. The lowest BCUT2D eigenvalue weighted by Crippen LogP contribution is -2.55. The maximum absolute atomic E-state index is 12.8. The van der Waals surface area contributed by atoms with Gasteiger partial charge >= 0.3 is 12.0 Å². The molecule has 2 aromatic carbocycles. The van der Waals surface area contributed by atoms with E-state index in [-0.39, 0.29) is 24.7 Å². The number of ether oxygens (including phenoxy) is 4. The first-order valence-corrected chi connectivity index (χ1v) is 15.3. The zero-order valence-corrected chi connectivity index (χ0v) is 26.5. The van der Waals surface area contributed by atoms with Gasteiger partial charge in [0.1, 0.15) is 24.5 Å². The molecule has 3 heterocycles. The van der Waals surface area contributed by atoms with Crippen molar-refractivity contribution in [1.82, 2.24) is 19.8 Å². The van der Waals surface area contributed by atoms with Gasteiger partial charge in [-0.05, 0) is 42.3 Å². The fourth-order valence-corrected chi connectivity index (χ4v) is 5.89. The Balaban J connectivity index is 1.14. The van der Waals surface area contributed by atoms with Crippen molar-refractivity contribution in [2.75, 3.05) is 51.4 Å². The van der Waals surface area contributed by atoms with Gasteiger partial charge < -0.3 is 38.6 Å². The number of urea groups is 1. The third-order valence-corrected chi connectivity index (χ3v) is 8.30. The van der Waals surface area contributed by atoms with Gasteiger partial charge in [0.15, 0.2) is 0 Å². The predicted molar refractivity (Wildman–Crippen MR) is 166 cm³/mol. The van der Waals surface area contributed by atoms with Gasteiger partial charge in [0.2, 0.25) is 5.79 Å². The molecule has 5 rings (SSSR count). The summed E-state index contributed by atoms with van der Waals surface area (Å²) in [6, 6.07) is 12.2. The van der Waals surface area contributed by atoms with Crippen LogP contribution in [0.5, 0.6) is 5.75 Å². The highest BCUT2D eigenvalue weighted by Crippen LogP contribution is 2.40. The van der Waals surface area contributed by atoms with E-state index in [1.165, 1.54) is 7.11 Å². The number of hydrogen-bond acceptors (Lipinski definition) is 8. The van der Waals surface area contributed by atoms with Crippen molar-refractivity contribution in [3.63, 3.8) is 0 Å². The van der Waals surface area contributed by atoms with E-state index in [4.69, 9.17) is 42.1 Å². The van der Waals surface area contributed by atoms with Crippen LogP contribution in [0.2, 0.25) is 10.0 Å². The van der Waals surface area contributed by atoms with Crippen LogP contribution in [0.4, 0.5) is 10.5 Å². The zero-order valence-electron chi connectivity index (χ0n) is 24.9. The van der Waals surface area contributed by atoms with Gasteiger partial charge in [0.05, 0.1) is 31.6 Å². The lowest BCUT2D eigenvalue weighted by atomic mass is 10.1. The molecule has 3 atom stereocenters. The van der Waals surface area contributed by atoms with Gasteiger partial charge in [0, 0.05) is 54.8 Å². The second-order valence-corrected chi connectivity index (χ2v) is 12.0. The van der Waals surface area contributed by atoms with E-state index in [0.717, 1.165) is 5.69 Å². The topological polar surface area (TPSA) is 107 Å². The van der Waals surface area contributed by atoms with Crippen molar-refractivity contribution in [3.05, 3.63) is 76.8 Å². The Labute approximate surface area is 266 Å². The molecule has 1 N–H and O–H groups in total.